The van der Waals surface area contributed by atoms with Gasteiger partial charge in [-0.05, 0) is 45.2 Å². The molecule has 1 N–H and O–H groups in total. The Kier molecular flexibility index (Phi) is 5.90. The van der Waals surface area contributed by atoms with E-state index in [1.807, 2.05) is 42.9 Å². The number of aliphatic hydroxyl groups excluding tert-OH is 1. The molecular formula is C23H31N5O2. The number of para-hydroxylation sites is 2. The number of nitrogens with zero attached hydrogens (tertiary/aromatic N) is 5. The Morgan fingerprint density at radius 3 is 2.83 bits per heavy atom. The molecule has 1 saturated carbocycles. The molecule has 30 heavy (non-hydrogen) atoms. The Morgan fingerprint density at radius 2 is 2.10 bits per heavy atom. The Balaban J connectivity index is 1.35. The first-order valence-corrected chi connectivity index (χ1v) is 10.9. The topological polar surface area (TPSA) is 76.2 Å². The number of aryl methyl sites for hydroxylation is 3. The fourth-order valence-corrected chi connectivity index (χ4v) is 4.83. The number of rotatable bonds is 7. The monoisotopic (exact) mass is 409 g/mol. The second kappa shape index (κ2) is 8.60. The van der Waals surface area contributed by atoms with E-state index in [-0.39, 0.29) is 18.0 Å². The highest BCUT2D eigenvalue weighted by Crippen LogP contribution is 2.34. The van der Waals surface area contributed by atoms with Crippen LogP contribution in [0.15, 0.2) is 36.7 Å². The molecule has 3 atom stereocenters. The first-order valence-electron chi connectivity index (χ1n) is 10.9. The number of aromatic nitrogens is 4. The number of aliphatic hydroxyl groups is 1. The zero-order valence-electron chi connectivity index (χ0n) is 18.0. The molecule has 160 valence electrons. The van der Waals surface area contributed by atoms with Crippen molar-refractivity contribution < 1.29 is 9.90 Å². The van der Waals surface area contributed by atoms with Gasteiger partial charge in [0.2, 0.25) is 5.91 Å². The van der Waals surface area contributed by atoms with Crippen LogP contribution in [-0.4, -0.2) is 54.2 Å². The molecule has 1 aliphatic carbocycles. The van der Waals surface area contributed by atoms with E-state index in [0.717, 1.165) is 54.9 Å². The second-order valence-corrected chi connectivity index (χ2v) is 8.20. The third-order valence-corrected chi connectivity index (χ3v) is 6.50. The number of likely N-dealkylation sites (N-methyl/N-ethyl adjacent to an activating group) is 1. The van der Waals surface area contributed by atoms with Crippen molar-refractivity contribution in [3.8, 4) is 0 Å². The van der Waals surface area contributed by atoms with E-state index < -0.39 is 6.10 Å². The molecule has 0 radical (unpaired) electrons. The van der Waals surface area contributed by atoms with Crippen LogP contribution in [0.2, 0.25) is 0 Å². The van der Waals surface area contributed by atoms with Crippen LogP contribution in [0.3, 0.4) is 0 Å². The van der Waals surface area contributed by atoms with E-state index >= 15 is 0 Å². The second-order valence-electron chi connectivity index (χ2n) is 8.20. The quantitative estimate of drug-likeness (QED) is 0.651. The Bertz CT molecular complexity index is 1020. The lowest BCUT2D eigenvalue weighted by Crippen LogP contribution is -2.43. The summed E-state index contributed by atoms with van der Waals surface area (Å²) in [5.74, 6) is 2.01. The van der Waals surface area contributed by atoms with Crippen molar-refractivity contribution in [3.63, 3.8) is 0 Å². The Morgan fingerprint density at radius 1 is 1.30 bits per heavy atom. The third-order valence-electron chi connectivity index (χ3n) is 6.50. The molecule has 0 aliphatic heterocycles. The standard InChI is InChI=1S/C23H31N5O2/c1-4-27-18-9-6-5-8-17(18)25-21(27)10-7-11-22(29)26(3)19-12-13-20(23(19)30)28-15-14-24-16(28)2/h5-6,8-9,14-15,19-20,23,30H,4,7,10-13H2,1-3H3/t19-,20-,23-/m1/s1. The first kappa shape index (κ1) is 20.6. The largest absolute Gasteiger partial charge is 0.389 e. The van der Waals surface area contributed by atoms with E-state index in [0.29, 0.717) is 6.42 Å². The molecule has 2 aromatic heterocycles. The average molecular weight is 410 g/mol. The zero-order chi connectivity index (χ0) is 21.3. The lowest BCUT2D eigenvalue weighted by Gasteiger charge is -2.29. The molecule has 1 fully saturated rings. The number of carbonyl (C=O) groups excluding carboxylic acids is 1. The number of imidazole rings is 2. The van der Waals surface area contributed by atoms with Gasteiger partial charge in [0, 0.05) is 38.8 Å². The molecule has 1 amide bonds. The summed E-state index contributed by atoms with van der Waals surface area (Å²) in [7, 11) is 1.82. The van der Waals surface area contributed by atoms with E-state index in [9.17, 15) is 9.90 Å². The van der Waals surface area contributed by atoms with Crippen LogP contribution >= 0.6 is 0 Å². The van der Waals surface area contributed by atoms with Crippen molar-refractivity contribution in [2.45, 2.75) is 70.7 Å². The summed E-state index contributed by atoms with van der Waals surface area (Å²) in [6, 6.07) is 7.99. The Hall–Kier alpha value is -2.67. The van der Waals surface area contributed by atoms with Crippen molar-refractivity contribution >= 4 is 16.9 Å². The predicted molar refractivity (Wildman–Crippen MR) is 116 cm³/mol. The third kappa shape index (κ3) is 3.74. The molecular weight excluding hydrogens is 378 g/mol. The maximum absolute atomic E-state index is 12.8. The minimum absolute atomic E-state index is 0.0165. The van der Waals surface area contributed by atoms with Gasteiger partial charge in [0.05, 0.1) is 29.2 Å². The lowest BCUT2D eigenvalue weighted by molar-refractivity contribution is -0.134. The van der Waals surface area contributed by atoms with Crippen LogP contribution in [0.1, 0.15) is 50.3 Å². The molecule has 4 rings (SSSR count). The van der Waals surface area contributed by atoms with Crippen LogP contribution in [0.4, 0.5) is 0 Å². The highest BCUT2D eigenvalue weighted by Gasteiger charge is 2.39. The van der Waals surface area contributed by atoms with Gasteiger partial charge in [-0.15, -0.1) is 0 Å². The molecule has 0 bridgehead atoms. The van der Waals surface area contributed by atoms with Gasteiger partial charge in [0.25, 0.3) is 0 Å². The summed E-state index contributed by atoms with van der Waals surface area (Å²) in [5, 5.41) is 10.9. The fourth-order valence-electron chi connectivity index (χ4n) is 4.83. The predicted octanol–water partition coefficient (Wildman–Crippen LogP) is 3.11. The lowest BCUT2D eigenvalue weighted by atomic mass is 10.1. The zero-order valence-corrected chi connectivity index (χ0v) is 18.0. The summed E-state index contributed by atoms with van der Waals surface area (Å²) >= 11 is 0. The number of amides is 1. The van der Waals surface area contributed by atoms with Crippen molar-refractivity contribution in [1.29, 1.82) is 0 Å². The van der Waals surface area contributed by atoms with E-state index in [1.165, 1.54) is 0 Å². The smallest absolute Gasteiger partial charge is 0.222 e. The fraction of sp³-hybridized carbons (Fsp3) is 0.522. The maximum atomic E-state index is 12.8. The normalized spacial score (nSPS) is 21.4. The molecule has 1 aromatic carbocycles. The molecule has 7 nitrogen and oxygen atoms in total. The minimum atomic E-state index is -0.573. The SMILES string of the molecule is CCn1c(CCCC(=O)N(C)[C@@H]2CC[C@@H](n3ccnc3C)[C@@H]2O)nc2ccccc21. The molecule has 1 aliphatic rings. The summed E-state index contributed by atoms with van der Waals surface area (Å²) in [5.41, 5.74) is 2.15. The van der Waals surface area contributed by atoms with Gasteiger partial charge in [-0.3, -0.25) is 4.79 Å². The van der Waals surface area contributed by atoms with Crippen molar-refractivity contribution in [2.75, 3.05) is 7.05 Å². The van der Waals surface area contributed by atoms with E-state index in [1.54, 1.807) is 11.1 Å². The molecule has 0 saturated heterocycles. The summed E-state index contributed by atoms with van der Waals surface area (Å²) < 4.78 is 4.25. The van der Waals surface area contributed by atoms with Crippen LogP contribution in [0, 0.1) is 6.92 Å². The van der Waals surface area contributed by atoms with Gasteiger partial charge in [0.1, 0.15) is 11.6 Å². The van der Waals surface area contributed by atoms with Gasteiger partial charge >= 0.3 is 0 Å². The summed E-state index contributed by atoms with van der Waals surface area (Å²) in [4.78, 5) is 23.6. The molecule has 0 spiro atoms. The summed E-state index contributed by atoms with van der Waals surface area (Å²) in [6.45, 7) is 4.93. The minimum Gasteiger partial charge on any atom is -0.389 e. The van der Waals surface area contributed by atoms with Crippen molar-refractivity contribution in [1.82, 2.24) is 24.0 Å². The average Bonchev–Trinajstić information content (AvgIpc) is 3.43. The number of benzene rings is 1. The van der Waals surface area contributed by atoms with Crippen LogP contribution in [0.5, 0.6) is 0 Å². The molecule has 2 heterocycles. The molecule has 0 unspecified atom stereocenters. The highest BCUT2D eigenvalue weighted by atomic mass is 16.3. The van der Waals surface area contributed by atoms with Gasteiger partial charge in [-0.2, -0.15) is 0 Å². The van der Waals surface area contributed by atoms with Crippen LogP contribution < -0.4 is 0 Å². The van der Waals surface area contributed by atoms with Crippen molar-refractivity contribution in [2.24, 2.45) is 0 Å². The van der Waals surface area contributed by atoms with Gasteiger partial charge in [-0.1, -0.05) is 12.1 Å². The summed E-state index contributed by atoms with van der Waals surface area (Å²) in [6.07, 6.45) is 6.73. The van der Waals surface area contributed by atoms with Gasteiger partial charge in [-0.25, -0.2) is 9.97 Å². The maximum Gasteiger partial charge on any atom is 0.222 e. The van der Waals surface area contributed by atoms with Crippen molar-refractivity contribution in [3.05, 3.63) is 48.3 Å². The van der Waals surface area contributed by atoms with E-state index in [2.05, 4.69) is 22.5 Å². The Labute approximate surface area is 177 Å². The molecule has 3 aromatic rings. The number of hydrogen-bond acceptors (Lipinski definition) is 4. The van der Waals surface area contributed by atoms with Gasteiger partial charge < -0.3 is 19.1 Å². The van der Waals surface area contributed by atoms with Crippen LogP contribution in [0.25, 0.3) is 11.0 Å². The molecule has 7 heteroatoms. The van der Waals surface area contributed by atoms with E-state index in [4.69, 9.17) is 4.98 Å². The number of carbonyl (C=O) groups is 1. The first-order chi connectivity index (χ1) is 14.5. The highest BCUT2D eigenvalue weighted by molar-refractivity contribution is 5.77. The number of fused-ring (bicyclic) bond motifs is 1. The number of hydrogen-bond donors (Lipinski definition) is 1. The van der Waals surface area contributed by atoms with Crippen LogP contribution in [-0.2, 0) is 17.8 Å². The van der Waals surface area contributed by atoms with Gasteiger partial charge in [0.15, 0.2) is 0 Å².